The zero-order valence-corrected chi connectivity index (χ0v) is 13.3. The number of hydrogen-bond acceptors (Lipinski definition) is 5. The minimum Gasteiger partial charge on any atom is -0.506 e. The van der Waals surface area contributed by atoms with E-state index in [1.54, 1.807) is 24.3 Å². The van der Waals surface area contributed by atoms with Gasteiger partial charge in [-0.2, -0.15) is 5.11 Å². The van der Waals surface area contributed by atoms with Gasteiger partial charge in [-0.15, -0.1) is 15.3 Å². The van der Waals surface area contributed by atoms with E-state index >= 15 is 0 Å². The van der Waals surface area contributed by atoms with Crippen molar-refractivity contribution in [1.29, 1.82) is 0 Å². The Balaban J connectivity index is 2.12. The van der Waals surface area contributed by atoms with Crippen LogP contribution in [0.3, 0.4) is 0 Å². The van der Waals surface area contributed by atoms with Crippen molar-refractivity contribution < 1.29 is 5.11 Å². The molecule has 0 saturated carbocycles. The molecule has 2 rings (SSSR count). The molecule has 2 aromatic rings. The predicted molar refractivity (Wildman–Crippen MR) is 78.8 cm³/mol. The first-order chi connectivity index (χ1) is 9.06. The lowest BCUT2D eigenvalue weighted by molar-refractivity contribution is 0.464. The summed E-state index contributed by atoms with van der Waals surface area (Å²) in [4.78, 5) is 0. The topological polar surface area (TPSA) is 70.7 Å². The molecule has 0 saturated heterocycles. The van der Waals surface area contributed by atoms with Crippen LogP contribution in [-0.4, -0.2) is 15.3 Å². The molecule has 0 aliphatic carbocycles. The van der Waals surface area contributed by atoms with Crippen LogP contribution >= 0.6 is 43.5 Å². The van der Waals surface area contributed by atoms with Crippen LogP contribution < -0.4 is 0 Å². The Morgan fingerprint density at radius 1 is 1.21 bits per heavy atom. The maximum atomic E-state index is 9.84. The second kappa shape index (κ2) is 6.40. The van der Waals surface area contributed by atoms with Crippen LogP contribution in [0.25, 0.3) is 0 Å². The van der Waals surface area contributed by atoms with E-state index in [4.69, 9.17) is 11.6 Å². The van der Waals surface area contributed by atoms with Gasteiger partial charge in [0.15, 0.2) is 11.0 Å². The van der Waals surface area contributed by atoms with Crippen molar-refractivity contribution in [3.63, 3.8) is 0 Å². The number of phenolic OH excluding ortho intramolecular Hbond substituents is 1. The van der Waals surface area contributed by atoms with E-state index in [0.717, 1.165) is 4.47 Å². The van der Waals surface area contributed by atoms with Gasteiger partial charge in [0.1, 0.15) is 5.75 Å². The lowest BCUT2D eigenvalue weighted by Gasteiger charge is -2.04. The number of azo groups is 1. The predicted octanol–water partition coefficient (Wildman–Crippen LogP) is 4.64. The maximum Gasteiger partial charge on any atom is 0.196 e. The number of nitrogens with zero attached hydrogens (tertiary/aromatic N) is 4. The van der Waals surface area contributed by atoms with E-state index in [-0.39, 0.29) is 12.3 Å². The molecule has 0 unspecified atom stereocenters. The number of phenols is 1. The smallest absolute Gasteiger partial charge is 0.196 e. The monoisotopic (exact) mass is 404 g/mol. The number of rotatable bonds is 3. The van der Waals surface area contributed by atoms with Crippen molar-refractivity contribution in [2.45, 2.75) is 6.54 Å². The summed E-state index contributed by atoms with van der Waals surface area (Å²) in [5.41, 5.74) is 0.645. The number of halogens is 3. The summed E-state index contributed by atoms with van der Waals surface area (Å²) >= 11 is 12.2. The quantitative estimate of drug-likeness (QED) is 0.755. The fourth-order valence-corrected chi connectivity index (χ4v) is 2.70. The Hall–Kier alpha value is -1.05. The van der Waals surface area contributed by atoms with Gasteiger partial charge in [-0.25, -0.2) is 0 Å². The van der Waals surface area contributed by atoms with Crippen molar-refractivity contribution >= 4 is 49.3 Å². The molecule has 98 valence electrons. The lowest BCUT2D eigenvalue weighted by atomic mass is 10.2. The van der Waals surface area contributed by atoms with Crippen LogP contribution in [0.1, 0.15) is 5.56 Å². The van der Waals surface area contributed by atoms with Crippen LogP contribution in [0.15, 0.2) is 43.4 Å². The third-order valence-electron chi connectivity index (χ3n) is 2.14. The number of hydrogen-bond donors (Lipinski definition) is 1. The minimum absolute atomic E-state index is 0.143. The molecule has 1 N–H and O–H groups in total. The van der Waals surface area contributed by atoms with Crippen molar-refractivity contribution in [3.8, 4) is 5.75 Å². The fraction of sp³-hybridized carbons (Fsp3) is 0.0909. The van der Waals surface area contributed by atoms with E-state index in [2.05, 4.69) is 52.3 Å². The van der Waals surface area contributed by atoms with E-state index in [0.29, 0.717) is 21.0 Å². The molecular weight excluding hydrogens is 399 g/mol. The Morgan fingerprint density at radius 2 is 2.00 bits per heavy atom. The Kier molecular flexibility index (Phi) is 4.84. The molecule has 0 aliphatic rings. The minimum atomic E-state index is 0.143. The zero-order valence-electron chi connectivity index (χ0n) is 9.39. The normalized spacial score (nSPS) is 11.1. The van der Waals surface area contributed by atoms with E-state index in [1.165, 1.54) is 0 Å². The first-order valence-electron chi connectivity index (χ1n) is 5.10. The van der Waals surface area contributed by atoms with Gasteiger partial charge >= 0.3 is 0 Å². The number of benzene rings is 1. The first-order valence-corrected chi connectivity index (χ1v) is 7.06. The van der Waals surface area contributed by atoms with Crippen molar-refractivity contribution in [2.75, 3.05) is 0 Å². The van der Waals surface area contributed by atoms with E-state index in [1.807, 2.05) is 0 Å². The van der Waals surface area contributed by atoms with Crippen LogP contribution in [0, 0.1) is 0 Å². The van der Waals surface area contributed by atoms with Gasteiger partial charge in [-0.05, 0) is 40.2 Å². The molecule has 0 radical (unpaired) electrons. The molecule has 0 fully saturated rings. The van der Waals surface area contributed by atoms with Crippen LogP contribution in [0.5, 0.6) is 5.75 Å². The van der Waals surface area contributed by atoms with Gasteiger partial charge in [0, 0.05) is 10.0 Å². The van der Waals surface area contributed by atoms with E-state index < -0.39 is 0 Å². The van der Waals surface area contributed by atoms with Crippen molar-refractivity contribution in [2.24, 2.45) is 10.2 Å². The molecule has 0 amide bonds. The van der Waals surface area contributed by atoms with Gasteiger partial charge in [-0.1, -0.05) is 27.5 Å². The van der Waals surface area contributed by atoms with Crippen LogP contribution in [-0.2, 0) is 6.54 Å². The maximum absolute atomic E-state index is 9.84. The Bertz CT molecular complexity index is 619. The molecule has 1 aromatic heterocycles. The van der Waals surface area contributed by atoms with E-state index in [9.17, 15) is 5.11 Å². The van der Waals surface area contributed by atoms with Gasteiger partial charge in [0.05, 0.1) is 11.0 Å². The highest BCUT2D eigenvalue weighted by atomic mass is 79.9. The summed E-state index contributed by atoms with van der Waals surface area (Å²) in [7, 11) is 0. The third kappa shape index (κ3) is 3.95. The average molecular weight is 406 g/mol. The molecule has 5 nitrogen and oxygen atoms in total. The number of aromatic hydroxyl groups is 1. The lowest BCUT2D eigenvalue weighted by Crippen LogP contribution is -1.85. The summed E-state index contributed by atoms with van der Waals surface area (Å²) in [5, 5.41) is 25.4. The molecule has 1 aromatic carbocycles. The standard InChI is InChI=1S/C11H7Br2ClN4O/c12-7-3-6(11(19)8(13)4-7)5-15-17-10-2-1-9(14)16-18-10/h1-4,19H,5H2. The van der Waals surface area contributed by atoms with Gasteiger partial charge in [-0.3, -0.25) is 0 Å². The highest BCUT2D eigenvalue weighted by molar-refractivity contribution is 9.11. The third-order valence-corrected chi connectivity index (χ3v) is 3.40. The summed E-state index contributed by atoms with van der Waals surface area (Å²) in [6.45, 7) is 0.230. The fourth-order valence-electron chi connectivity index (χ4n) is 1.29. The molecule has 1 heterocycles. The molecule has 8 heteroatoms. The largest absolute Gasteiger partial charge is 0.506 e. The molecule has 19 heavy (non-hydrogen) atoms. The molecule has 0 spiro atoms. The summed E-state index contributed by atoms with van der Waals surface area (Å²) in [6, 6.07) is 6.71. The van der Waals surface area contributed by atoms with Crippen LogP contribution in [0.4, 0.5) is 5.82 Å². The second-order valence-corrected chi connectivity index (χ2v) is 5.67. The molecule has 0 atom stereocenters. The number of aromatic nitrogens is 2. The highest BCUT2D eigenvalue weighted by Gasteiger charge is 2.06. The summed E-state index contributed by atoms with van der Waals surface area (Å²) in [5.74, 6) is 0.502. The van der Waals surface area contributed by atoms with Gasteiger partial charge in [0.25, 0.3) is 0 Å². The second-order valence-electron chi connectivity index (χ2n) is 3.51. The van der Waals surface area contributed by atoms with Gasteiger partial charge < -0.3 is 5.11 Å². The first kappa shape index (κ1) is 14.4. The van der Waals surface area contributed by atoms with Crippen molar-refractivity contribution in [1.82, 2.24) is 10.2 Å². The highest BCUT2D eigenvalue weighted by Crippen LogP contribution is 2.32. The Morgan fingerprint density at radius 3 is 2.68 bits per heavy atom. The SMILES string of the molecule is Oc1c(Br)cc(Br)cc1CN=Nc1ccc(Cl)nn1. The average Bonchev–Trinajstić information content (AvgIpc) is 2.37. The Labute approximate surface area is 131 Å². The molecule has 0 bridgehead atoms. The van der Waals surface area contributed by atoms with Gasteiger partial charge in [0.2, 0.25) is 0 Å². The van der Waals surface area contributed by atoms with Crippen LogP contribution in [0.2, 0.25) is 5.15 Å². The molecular formula is C11H7Br2ClN4O. The summed E-state index contributed by atoms with van der Waals surface area (Å²) < 4.78 is 1.44. The zero-order chi connectivity index (χ0) is 13.8. The summed E-state index contributed by atoms with van der Waals surface area (Å²) in [6.07, 6.45) is 0. The van der Waals surface area contributed by atoms with Crippen molar-refractivity contribution in [3.05, 3.63) is 43.9 Å². The molecule has 0 aliphatic heterocycles.